The van der Waals surface area contributed by atoms with Crippen LogP contribution in [0.2, 0.25) is 0 Å². The Kier molecular flexibility index (Phi) is 7.04. The van der Waals surface area contributed by atoms with E-state index in [1.54, 1.807) is 0 Å². The first-order chi connectivity index (χ1) is 4.93. The van der Waals surface area contributed by atoms with Crippen LogP contribution in [-0.4, -0.2) is 12.6 Å². The summed E-state index contributed by atoms with van der Waals surface area (Å²) in [6, 6.07) is 0.861. The number of rotatable bonds is 2. The second-order valence-corrected chi connectivity index (χ2v) is 2.58. The molecular formula is C9H21N. The first kappa shape index (κ1) is 9.96. The fourth-order valence-electron chi connectivity index (χ4n) is 1.35. The van der Waals surface area contributed by atoms with Crippen LogP contribution in [-0.2, 0) is 0 Å². The van der Waals surface area contributed by atoms with Gasteiger partial charge in [0.1, 0.15) is 0 Å². The summed E-state index contributed by atoms with van der Waals surface area (Å²) >= 11 is 0. The molecule has 1 saturated heterocycles. The van der Waals surface area contributed by atoms with Crippen molar-refractivity contribution in [3.05, 3.63) is 0 Å². The van der Waals surface area contributed by atoms with Crippen LogP contribution in [0.4, 0.5) is 0 Å². The molecule has 0 radical (unpaired) electrons. The second-order valence-electron chi connectivity index (χ2n) is 2.58. The molecule has 0 aromatic carbocycles. The Morgan fingerprint density at radius 1 is 1.40 bits per heavy atom. The van der Waals surface area contributed by atoms with Crippen molar-refractivity contribution in [2.75, 3.05) is 6.54 Å². The Hall–Kier alpha value is -0.0400. The van der Waals surface area contributed by atoms with Gasteiger partial charge >= 0.3 is 0 Å². The van der Waals surface area contributed by atoms with Gasteiger partial charge in [-0.05, 0) is 25.8 Å². The third kappa shape index (κ3) is 3.89. The van der Waals surface area contributed by atoms with Crippen LogP contribution in [0.5, 0.6) is 0 Å². The van der Waals surface area contributed by atoms with Gasteiger partial charge in [-0.25, -0.2) is 0 Å². The van der Waals surface area contributed by atoms with E-state index < -0.39 is 0 Å². The Morgan fingerprint density at radius 2 is 2.10 bits per heavy atom. The molecule has 0 aliphatic carbocycles. The zero-order valence-electron chi connectivity index (χ0n) is 7.61. The smallest absolute Gasteiger partial charge is 0.00674 e. The van der Waals surface area contributed by atoms with Gasteiger partial charge < -0.3 is 5.32 Å². The molecule has 1 nitrogen and oxygen atoms in total. The van der Waals surface area contributed by atoms with E-state index in [1.807, 2.05) is 13.8 Å². The summed E-state index contributed by atoms with van der Waals surface area (Å²) in [6.07, 6.45) is 5.51. The summed E-state index contributed by atoms with van der Waals surface area (Å²) in [7, 11) is 0. The van der Waals surface area contributed by atoms with Crippen molar-refractivity contribution in [1.82, 2.24) is 5.32 Å². The molecule has 1 aliphatic heterocycles. The van der Waals surface area contributed by atoms with Crippen molar-refractivity contribution in [1.29, 1.82) is 0 Å². The highest BCUT2D eigenvalue weighted by Gasteiger charge is 2.11. The molecule has 0 spiro atoms. The van der Waals surface area contributed by atoms with Crippen molar-refractivity contribution in [2.45, 2.75) is 52.5 Å². The van der Waals surface area contributed by atoms with Crippen LogP contribution in [0.25, 0.3) is 0 Å². The maximum atomic E-state index is 3.46. The predicted octanol–water partition coefficient (Wildman–Crippen LogP) is 2.56. The van der Waals surface area contributed by atoms with E-state index >= 15 is 0 Å². The molecule has 0 aromatic heterocycles. The molecule has 0 saturated carbocycles. The molecular weight excluding hydrogens is 122 g/mol. The van der Waals surface area contributed by atoms with Gasteiger partial charge in [0.2, 0.25) is 0 Å². The second kappa shape index (κ2) is 7.07. The van der Waals surface area contributed by atoms with Gasteiger partial charge in [-0.3, -0.25) is 0 Å². The minimum Gasteiger partial charge on any atom is -0.314 e. The predicted molar refractivity (Wildman–Crippen MR) is 47.3 cm³/mol. The van der Waals surface area contributed by atoms with Crippen LogP contribution >= 0.6 is 0 Å². The first-order valence-corrected chi connectivity index (χ1v) is 4.67. The summed E-state index contributed by atoms with van der Waals surface area (Å²) in [5.41, 5.74) is 0. The van der Waals surface area contributed by atoms with Crippen LogP contribution in [0, 0.1) is 0 Å². The van der Waals surface area contributed by atoms with Gasteiger partial charge in [0.05, 0.1) is 0 Å². The Morgan fingerprint density at radius 3 is 2.50 bits per heavy atom. The van der Waals surface area contributed by atoms with Crippen molar-refractivity contribution in [2.24, 2.45) is 0 Å². The fourth-order valence-corrected chi connectivity index (χ4v) is 1.35. The molecule has 1 heteroatoms. The van der Waals surface area contributed by atoms with Gasteiger partial charge in [0.15, 0.2) is 0 Å². The third-order valence-corrected chi connectivity index (χ3v) is 1.80. The van der Waals surface area contributed by atoms with E-state index in [4.69, 9.17) is 0 Å². The van der Waals surface area contributed by atoms with E-state index in [-0.39, 0.29) is 0 Å². The molecule has 1 heterocycles. The standard InChI is InChI=1S/C7H15N.C2H6/c1-2-4-7-5-3-6-8-7;1-2/h7-8H,2-6H2,1H3;1-2H3/t7-;/m1./s1. The van der Waals surface area contributed by atoms with Crippen LogP contribution in [0.15, 0.2) is 0 Å². The SMILES string of the molecule is CC.CCC[C@@H]1CCCN1. The molecule has 1 atom stereocenters. The minimum atomic E-state index is 0.861. The third-order valence-electron chi connectivity index (χ3n) is 1.80. The van der Waals surface area contributed by atoms with Crippen LogP contribution < -0.4 is 5.32 Å². The van der Waals surface area contributed by atoms with Crippen molar-refractivity contribution >= 4 is 0 Å². The van der Waals surface area contributed by atoms with E-state index in [9.17, 15) is 0 Å². The Balaban J connectivity index is 0.000000371. The summed E-state index contributed by atoms with van der Waals surface area (Å²) < 4.78 is 0. The van der Waals surface area contributed by atoms with Crippen LogP contribution in [0.3, 0.4) is 0 Å². The average Bonchev–Trinajstić information content (AvgIpc) is 2.46. The molecule has 1 rings (SSSR count). The summed E-state index contributed by atoms with van der Waals surface area (Å²) in [6.45, 7) is 7.50. The van der Waals surface area contributed by atoms with E-state index in [2.05, 4.69) is 12.2 Å². The van der Waals surface area contributed by atoms with Crippen molar-refractivity contribution < 1.29 is 0 Å². The monoisotopic (exact) mass is 143 g/mol. The maximum absolute atomic E-state index is 3.46. The molecule has 1 fully saturated rings. The molecule has 62 valence electrons. The molecule has 0 amide bonds. The fraction of sp³-hybridized carbons (Fsp3) is 1.00. The molecule has 10 heavy (non-hydrogen) atoms. The van der Waals surface area contributed by atoms with Gasteiger partial charge in [-0.2, -0.15) is 0 Å². The van der Waals surface area contributed by atoms with E-state index in [0.717, 1.165) is 6.04 Å². The van der Waals surface area contributed by atoms with E-state index in [0.29, 0.717) is 0 Å². The first-order valence-electron chi connectivity index (χ1n) is 4.67. The Bertz CT molecular complexity index is 55.7. The molecule has 0 bridgehead atoms. The summed E-state index contributed by atoms with van der Waals surface area (Å²) in [5, 5.41) is 3.46. The molecule has 1 N–H and O–H groups in total. The topological polar surface area (TPSA) is 12.0 Å². The summed E-state index contributed by atoms with van der Waals surface area (Å²) in [5.74, 6) is 0. The van der Waals surface area contributed by atoms with Crippen molar-refractivity contribution in [3.8, 4) is 0 Å². The summed E-state index contributed by atoms with van der Waals surface area (Å²) in [4.78, 5) is 0. The lowest BCUT2D eigenvalue weighted by molar-refractivity contribution is 0.551. The lowest BCUT2D eigenvalue weighted by atomic mass is 10.1. The molecule has 0 unspecified atom stereocenters. The normalized spacial score (nSPS) is 23.7. The van der Waals surface area contributed by atoms with Gasteiger partial charge in [-0.15, -0.1) is 0 Å². The highest BCUT2D eigenvalue weighted by Crippen LogP contribution is 2.09. The van der Waals surface area contributed by atoms with Gasteiger partial charge in [-0.1, -0.05) is 27.2 Å². The number of hydrogen-bond donors (Lipinski definition) is 1. The van der Waals surface area contributed by atoms with Gasteiger partial charge in [0, 0.05) is 6.04 Å². The highest BCUT2D eigenvalue weighted by molar-refractivity contribution is 4.72. The minimum absolute atomic E-state index is 0.861. The lowest BCUT2D eigenvalue weighted by Gasteiger charge is -2.05. The lowest BCUT2D eigenvalue weighted by Crippen LogP contribution is -2.20. The van der Waals surface area contributed by atoms with Crippen LogP contribution in [0.1, 0.15) is 46.5 Å². The molecule has 0 aromatic rings. The number of hydrogen-bond acceptors (Lipinski definition) is 1. The number of nitrogens with one attached hydrogen (secondary N) is 1. The van der Waals surface area contributed by atoms with Crippen molar-refractivity contribution in [3.63, 3.8) is 0 Å². The quantitative estimate of drug-likeness (QED) is 0.626. The zero-order chi connectivity index (χ0) is 7.82. The maximum Gasteiger partial charge on any atom is 0.00674 e. The van der Waals surface area contributed by atoms with E-state index in [1.165, 1.54) is 32.2 Å². The Labute approximate surface area is 65.2 Å². The largest absolute Gasteiger partial charge is 0.314 e. The van der Waals surface area contributed by atoms with Gasteiger partial charge in [0.25, 0.3) is 0 Å². The zero-order valence-corrected chi connectivity index (χ0v) is 7.61. The molecule has 1 aliphatic rings. The highest BCUT2D eigenvalue weighted by atomic mass is 14.9. The average molecular weight is 143 g/mol.